The van der Waals surface area contributed by atoms with Gasteiger partial charge in [0.05, 0.1) is 6.10 Å². The van der Waals surface area contributed by atoms with Crippen molar-refractivity contribution in [1.82, 2.24) is 0 Å². The van der Waals surface area contributed by atoms with Gasteiger partial charge >= 0.3 is 0 Å². The highest BCUT2D eigenvalue weighted by Gasteiger charge is 2.18. The molecule has 0 saturated carbocycles. The summed E-state index contributed by atoms with van der Waals surface area (Å²) in [6.45, 7) is 5.03. The van der Waals surface area contributed by atoms with Gasteiger partial charge in [0.1, 0.15) is 0 Å². The second kappa shape index (κ2) is 4.63. The first-order valence-electron chi connectivity index (χ1n) is 4.72. The molecular formula is C10H19NO. The van der Waals surface area contributed by atoms with Crippen LogP contribution in [-0.4, -0.2) is 18.8 Å². The van der Waals surface area contributed by atoms with Crippen LogP contribution in [0.4, 0.5) is 0 Å². The van der Waals surface area contributed by atoms with Crippen LogP contribution >= 0.6 is 0 Å². The summed E-state index contributed by atoms with van der Waals surface area (Å²) in [4.78, 5) is 0. The van der Waals surface area contributed by atoms with Gasteiger partial charge < -0.3 is 10.5 Å². The second-order valence-corrected chi connectivity index (χ2v) is 3.73. The molecule has 0 aliphatic carbocycles. The lowest BCUT2D eigenvalue weighted by molar-refractivity contribution is 0.00901. The number of nitrogens with two attached hydrogens (primary N) is 1. The molecule has 2 nitrogen and oxygen atoms in total. The summed E-state index contributed by atoms with van der Waals surface area (Å²) in [6.07, 6.45) is 5.92. The number of allylic oxidation sites excluding steroid dienone is 1. The summed E-state index contributed by atoms with van der Waals surface area (Å²) < 4.78 is 5.57. The molecule has 0 amide bonds. The number of hydrogen-bond donors (Lipinski definition) is 1. The van der Waals surface area contributed by atoms with E-state index in [9.17, 15) is 0 Å². The first-order chi connectivity index (χ1) is 5.70. The lowest BCUT2D eigenvalue weighted by atomic mass is 10.0. The minimum absolute atomic E-state index is 0.0929. The zero-order chi connectivity index (χ0) is 8.97. The Morgan fingerprint density at radius 1 is 1.50 bits per heavy atom. The highest BCUT2D eigenvalue weighted by molar-refractivity contribution is 5.02. The first kappa shape index (κ1) is 9.75. The first-order valence-corrected chi connectivity index (χ1v) is 4.72. The van der Waals surface area contributed by atoms with E-state index in [-0.39, 0.29) is 12.1 Å². The molecule has 2 N–H and O–H groups in total. The van der Waals surface area contributed by atoms with Gasteiger partial charge in [-0.2, -0.15) is 0 Å². The van der Waals surface area contributed by atoms with Gasteiger partial charge in [-0.3, -0.25) is 0 Å². The summed E-state index contributed by atoms with van der Waals surface area (Å²) in [6, 6.07) is 0.0929. The molecule has 2 atom stereocenters. The standard InChI is InChI=1S/C10H19NO/c1-8(2)7-9(11)10-5-3-4-6-12-10/h7,9-10H,3-6,11H2,1-2H3. The van der Waals surface area contributed by atoms with Crippen molar-refractivity contribution in [3.8, 4) is 0 Å². The van der Waals surface area contributed by atoms with E-state index in [0.29, 0.717) is 0 Å². The molecule has 1 saturated heterocycles. The van der Waals surface area contributed by atoms with Gasteiger partial charge in [-0.1, -0.05) is 11.6 Å². The van der Waals surface area contributed by atoms with Gasteiger partial charge in [-0.05, 0) is 33.1 Å². The minimum Gasteiger partial charge on any atom is -0.376 e. The van der Waals surface area contributed by atoms with Crippen molar-refractivity contribution in [3.63, 3.8) is 0 Å². The van der Waals surface area contributed by atoms with E-state index in [1.54, 1.807) is 0 Å². The molecule has 12 heavy (non-hydrogen) atoms. The molecule has 0 aromatic heterocycles. The molecular weight excluding hydrogens is 150 g/mol. The number of hydrogen-bond acceptors (Lipinski definition) is 2. The van der Waals surface area contributed by atoms with E-state index in [4.69, 9.17) is 10.5 Å². The molecule has 1 rings (SSSR count). The summed E-state index contributed by atoms with van der Waals surface area (Å²) in [5.74, 6) is 0. The molecule has 0 radical (unpaired) electrons. The van der Waals surface area contributed by atoms with Gasteiger partial charge in [0.15, 0.2) is 0 Å². The Labute approximate surface area is 74.8 Å². The molecule has 0 aromatic rings. The molecule has 2 heteroatoms. The van der Waals surface area contributed by atoms with E-state index in [1.165, 1.54) is 18.4 Å². The van der Waals surface area contributed by atoms with Crippen LogP contribution in [0.2, 0.25) is 0 Å². The van der Waals surface area contributed by atoms with Crippen LogP contribution in [0.25, 0.3) is 0 Å². The van der Waals surface area contributed by atoms with Gasteiger partial charge in [0, 0.05) is 12.6 Å². The minimum atomic E-state index is 0.0929. The summed E-state index contributed by atoms with van der Waals surface area (Å²) in [5.41, 5.74) is 7.22. The van der Waals surface area contributed by atoms with E-state index >= 15 is 0 Å². The number of rotatable bonds is 2. The molecule has 0 aromatic carbocycles. The summed E-state index contributed by atoms with van der Waals surface area (Å²) >= 11 is 0. The zero-order valence-electron chi connectivity index (χ0n) is 8.05. The quantitative estimate of drug-likeness (QED) is 0.640. The maximum Gasteiger partial charge on any atom is 0.0761 e. The van der Waals surface area contributed by atoms with Crippen molar-refractivity contribution in [2.75, 3.05) is 6.61 Å². The maximum absolute atomic E-state index is 5.95. The van der Waals surface area contributed by atoms with Crippen LogP contribution in [-0.2, 0) is 4.74 Å². The zero-order valence-corrected chi connectivity index (χ0v) is 8.05. The topological polar surface area (TPSA) is 35.2 Å². The largest absolute Gasteiger partial charge is 0.376 e. The molecule has 0 spiro atoms. The van der Waals surface area contributed by atoms with Crippen LogP contribution in [0.5, 0.6) is 0 Å². The van der Waals surface area contributed by atoms with Crippen LogP contribution in [0, 0.1) is 0 Å². The van der Waals surface area contributed by atoms with Crippen molar-refractivity contribution in [3.05, 3.63) is 11.6 Å². The summed E-state index contributed by atoms with van der Waals surface area (Å²) in [7, 11) is 0. The van der Waals surface area contributed by atoms with Gasteiger partial charge in [-0.15, -0.1) is 0 Å². The smallest absolute Gasteiger partial charge is 0.0761 e. The Balaban J connectivity index is 2.39. The highest BCUT2D eigenvalue weighted by Crippen LogP contribution is 2.15. The van der Waals surface area contributed by atoms with Gasteiger partial charge in [0.2, 0.25) is 0 Å². The normalized spacial score (nSPS) is 26.4. The predicted octanol–water partition coefficient (Wildman–Crippen LogP) is 1.85. The van der Waals surface area contributed by atoms with Crippen LogP contribution in [0.1, 0.15) is 33.1 Å². The molecule has 70 valence electrons. The van der Waals surface area contributed by atoms with Crippen LogP contribution in [0.15, 0.2) is 11.6 Å². The fourth-order valence-electron chi connectivity index (χ4n) is 1.56. The van der Waals surface area contributed by atoms with E-state index in [1.807, 2.05) is 0 Å². The molecule has 2 unspecified atom stereocenters. The van der Waals surface area contributed by atoms with E-state index in [0.717, 1.165) is 13.0 Å². The number of ether oxygens (including phenoxy) is 1. The maximum atomic E-state index is 5.95. The van der Waals surface area contributed by atoms with Gasteiger partial charge in [0.25, 0.3) is 0 Å². The Hall–Kier alpha value is -0.340. The van der Waals surface area contributed by atoms with Crippen molar-refractivity contribution in [2.24, 2.45) is 5.73 Å². The average molecular weight is 169 g/mol. The Bertz CT molecular complexity index is 155. The van der Waals surface area contributed by atoms with Crippen molar-refractivity contribution in [1.29, 1.82) is 0 Å². The second-order valence-electron chi connectivity index (χ2n) is 3.73. The van der Waals surface area contributed by atoms with Gasteiger partial charge in [-0.25, -0.2) is 0 Å². The van der Waals surface area contributed by atoms with E-state index in [2.05, 4.69) is 19.9 Å². The Morgan fingerprint density at radius 2 is 2.25 bits per heavy atom. The Kier molecular flexibility index (Phi) is 3.76. The third-order valence-electron chi connectivity index (χ3n) is 2.17. The SMILES string of the molecule is CC(C)=CC(N)C1CCCCO1. The summed E-state index contributed by atoms with van der Waals surface area (Å²) in [5, 5.41) is 0. The fourth-order valence-corrected chi connectivity index (χ4v) is 1.56. The monoisotopic (exact) mass is 169 g/mol. The third-order valence-corrected chi connectivity index (χ3v) is 2.17. The van der Waals surface area contributed by atoms with Crippen LogP contribution in [0.3, 0.4) is 0 Å². The molecule has 1 heterocycles. The van der Waals surface area contributed by atoms with Crippen molar-refractivity contribution in [2.45, 2.75) is 45.3 Å². The van der Waals surface area contributed by atoms with Crippen molar-refractivity contribution >= 4 is 0 Å². The average Bonchev–Trinajstić information content (AvgIpc) is 2.05. The lowest BCUT2D eigenvalue weighted by Gasteiger charge is -2.26. The lowest BCUT2D eigenvalue weighted by Crippen LogP contribution is -2.37. The van der Waals surface area contributed by atoms with Crippen molar-refractivity contribution < 1.29 is 4.74 Å². The Morgan fingerprint density at radius 3 is 2.75 bits per heavy atom. The fraction of sp³-hybridized carbons (Fsp3) is 0.800. The van der Waals surface area contributed by atoms with E-state index < -0.39 is 0 Å². The molecule has 1 fully saturated rings. The molecule has 0 bridgehead atoms. The predicted molar refractivity (Wildman–Crippen MR) is 51.0 cm³/mol. The molecule has 1 aliphatic heterocycles. The third kappa shape index (κ3) is 2.95. The van der Waals surface area contributed by atoms with Crippen LogP contribution < -0.4 is 5.73 Å². The molecule has 1 aliphatic rings. The highest BCUT2D eigenvalue weighted by atomic mass is 16.5.